The Bertz CT molecular complexity index is 441. The van der Waals surface area contributed by atoms with Gasteiger partial charge in [-0.25, -0.2) is 0 Å². The van der Waals surface area contributed by atoms with E-state index < -0.39 is 5.60 Å². The van der Waals surface area contributed by atoms with E-state index in [-0.39, 0.29) is 0 Å². The molecule has 1 fully saturated rings. The molecule has 0 aliphatic heterocycles. The molecule has 1 saturated carbocycles. The van der Waals surface area contributed by atoms with Gasteiger partial charge in [0.05, 0.1) is 11.3 Å². The fourth-order valence-corrected chi connectivity index (χ4v) is 3.55. The highest BCUT2D eigenvalue weighted by Crippen LogP contribution is 2.37. The third-order valence-corrected chi connectivity index (χ3v) is 4.85. The van der Waals surface area contributed by atoms with E-state index >= 15 is 0 Å². The smallest absolute Gasteiger partial charge is 0.0798 e. The highest BCUT2D eigenvalue weighted by atomic mass is 16.3. The predicted molar refractivity (Wildman–Crippen MR) is 77.0 cm³/mol. The summed E-state index contributed by atoms with van der Waals surface area (Å²) < 4.78 is 2.10. The maximum Gasteiger partial charge on any atom is 0.0798 e. The van der Waals surface area contributed by atoms with Crippen molar-refractivity contribution in [3.63, 3.8) is 0 Å². The van der Waals surface area contributed by atoms with E-state index in [0.717, 1.165) is 44.3 Å². The first-order valence-corrected chi connectivity index (χ1v) is 7.47. The van der Waals surface area contributed by atoms with Crippen LogP contribution in [0.3, 0.4) is 0 Å². The molecule has 2 rings (SSSR count). The Morgan fingerprint density at radius 1 is 1.47 bits per heavy atom. The second-order valence-electron chi connectivity index (χ2n) is 5.91. The molecule has 108 valence electrons. The first kappa shape index (κ1) is 14.5. The van der Waals surface area contributed by atoms with E-state index in [1.807, 2.05) is 0 Å². The molecule has 0 saturated heterocycles. The quantitative estimate of drug-likeness (QED) is 0.855. The zero-order valence-electron chi connectivity index (χ0n) is 12.4. The lowest BCUT2D eigenvalue weighted by Gasteiger charge is -2.28. The molecule has 4 heteroatoms. The van der Waals surface area contributed by atoms with Crippen molar-refractivity contribution < 1.29 is 5.11 Å². The van der Waals surface area contributed by atoms with Gasteiger partial charge in [-0.15, -0.1) is 0 Å². The average molecular weight is 265 g/mol. The second-order valence-corrected chi connectivity index (χ2v) is 5.91. The molecule has 1 aliphatic rings. The highest BCUT2D eigenvalue weighted by molar-refractivity contribution is 5.24. The second kappa shape index (κ2) is 5.63. The molecule has 1 heterocycles. The summed E-state index contributed by atoms with van der Waals surface area (Å²) in [4.78, 5) is 0. The van der Waals surface area contributed by atoms with Crippen molar-refractivity contribution in [2.24, 2.45) is 11.7 Å². The van der Waals surface area contributed by atoms with Crippen LogP contribution in [0.4, 0.5) is 0 Å². The van der Waals surface area contributed by atoms with Gasteiger partial charge in [0.1, 0.15) is 0 Å². The summed E-state index contributed by atoms with van der Waals surface area (Å²) in [6.45, 7) is 7.66. The molecule has 2 atom stereocenters. The third-order valence-electron chi connectivity index (χ3n) is 4.85. The molecule has 0 amide bonds. The summed E-state index contributed by atoms with van der Waals surface area (Å²) in [6, 6.07) is 0. The van der Waals surface area contributed by atoms with Crippen LogP contribution in [0.1, 0.15) is 49.6 Å². The standard InChI is InChI=1S/C15H27N3O/c1-4-14-11(2)17-18(12(14)3)9-7-13-6-5-8-15(13,19)10-16/h13,19H,4-10,16H2,1-3H3. The van der Waals surface area contributed by atoms with Gasteiger partial charge in [0.25, 0.3) is 0 Å². The van der Waals surface area contributed by atoms with Gasteiger partial charge in [0.15, 0.2) is 0 Å². The van der Waals surface area contributed by atoms with Gasteiger partial charge in [0, 0.05) is 18.8 Å². The molecule has 3 N–H and O–H groups in total. The van der Waals surface area contributed by atoms with E-state index in [9.17, 15) is 5.11 Å². The van der Waals surface area contributed by atoms with Gasteiger partial charge in [-0.1, -0.05) is 13.3 Å². The maximum absolute atomic E-state index is 10.5. The first-order valence-electron chi connectivity index (χ1n) is 7.47. The van der Waals surface area contributed by atoms with Gasteiger partial charge in [0.2, 0.25) is 0 Å². The summed E-state index contributed by atoms with van der Waals surface area (Å²) in [5.74, 6) is 0.325. The Hall–Kier alpha value is -0.870. The molecule has 2 unspecified atom stereocenters. The summed E-state index contributed by atoms with van der Waals surface area (Å²) in [5.41, 5.74) is 8.87. The zero-order chi connectivity index (χ0) is 14.0. The molecular formula is C15H27N3O. The number of aliphatic hydroxyl groups is 1. The molecule has 1 aromatic heterocycles. The fourth-order valence-electron chi connectivity index (χ4n) is 3.55. The van der Waals surface area contributed by atoms with Gasteiger partial charge in [-0.05, 0) is 51.0 Å². The third kappa shape index (κ3) is 2.70. The number of nitrogens with two attached hydrogens (primary N) is 1. The minimum atomic E-state index is -0.635. The van der Waals surface area contributed by atoms with E-state index in [1.54, 1.807) is 0 Å². The Kier molecular flexibility index (Phi) is 4.31. The predicted octanol–water partition coefficient (Wildman–Crippen LogP) is 1.94. The van der Waals surface area contributed by atoms with E-state index in [2.05, 4.69) is 30.6 Å². The van der Waals surface area contributed by atoms with Crippen molar-refractivity contribution in [2.75, 3.05) is 6.54 Å². The lowest BCUT2D eigenvalue weighted by molar-refractivity contribution is 0.00622. The Labute approximate surface area is 116 Å². The van der Waals surface area contributed by atoms with Crippen LogP contribution in [0.2, 0.25) is 0 Å². The zero-order valence-corrected chi connectivity index (χ0v) is 12.4. The van der Waals surface area contributed by atoms with Crippen molar-refractivity contribution in [1.29, 1.82) is 0 Å². The minimum Gasteiger partial charge on any atom is -0.388 e. The van der Waals surface area contributed by atoms with Crippen LogP contribution >= 0.6 is 0 Å². The summed E-state index contributed by atoms with van der Waals surface area (Å²) in [7, 11) is 0. The van der Waals surface area contributed by atoms with Crippen LogP contribution in [0.15, 0.2) is 0 Å². The van der Waals surface area contributed by atoms with Crippen molar-refractivity contribution >= 4 is 0 Å². The lowest BCUT2D eigenvalue weighted by atomic mass is 9.88. The number of hydrogen-bond donors (Lipinski definition) is 2. The average Bonchev–Trinajstić information content (AvgIpc) is 2.89. The first-order chi connectivity index (χ1) is 9.01. The van der Waals surface area contributed by atoms with Crippen LogP contribution in [0.5, 0.6) is 0 Å². The number of rotatable bonds is 5. The van der Waals surface area contributed by atoms with Crippen molar-refractivity contribution in [3.05, 3.63) is 17.0 Å². The van der Waals surface area contributed by atoms with Gasteiger partial charge < -0.3 is 10.8 Å². The summed E-state index contributed by atoms with van der Waals surface area (Å²) >= 11 is 0. The molecule has 0 aromatic carbocycles. The highest BCUT2D eigenvalue weighted by Gasteiger charge is 2.39. The Balaban J connectivity index is 2.03. The van der Waals surface area contributed by atoms with Crippen LogP contribution in [-0.2, 0) is 13.0 Å². The summed E-state index contributed by atoms with van der Waals surface area (Å²) in [5, 5.41) is 15.1. The topological polar surface area (TPSA) is 64.1 Å². The normalized spacial score (nSPS) is 27.1. The number of nitrogens with zero attached hydrogens (tertiary/aromatic N) is 2. The van der Waals surface area contributed by atoms with Crippen LogP contribution < -0.4 is 5.73 Å². The largest absolute Gasteiger partial charge is 0.388 e. The van der Waals surface area contributed by atoms with Crippen molar-refractivity contribution in [2.45, 2.75) is 65.0 Å². The molecule has 0 radical (unpaired) electrons. The van der Waals surface area contributed by atoms with E-state index in [4.69, 9.17) is 5.73 Å². The lowest BCUT2D eigenvalue weighted by Crippen LogP contribution is -2.41. The number of aryl methyl sites for hydroxylation is 2. The van der Waals surface area contributed by atoms with Crippen molar-refractivity contribution in [3.8, 4) is 0 Å². The monoisotopic (exact) mass is 265 g/mol. The van der Waals surface area contributed by atoms with Gasteiger partial charge >= 0.3 is 0 Å². The molecule has 0 bridgehead atoms. The molecule has 0 spiro atoms. The molecule has 1 aliphatic carbocycles. The fraction of sp³-hybridized carbons (Fsp3) is 0.800. The molecule has 1 aromatic rings. The summed E-state index contributed by atoms with van der Waals surface area (Å²) in [6.07, 6.45) is 5.04. The minimum absolute atomic E-state index is 0.325. The molecular weight excluding hydrogens is 238 g/mol. The van der Waals surface area contributed by atoms with Gasteiger partial charge in [-0.2, -0.15) is 5.10 Å². The Morgan fingerprint density at radius 2 is 2.21 bits per heavy atom. The number of hydrogen-bond acceptors (Lipinski definition) is 3. The Morgan fingerprint density at radius 3 is 2.79 bits per heavy atom. The SMILES string of the molecule is CCc1c(C)nn(CCC2CCCC2(O)CN)c1C. The molecule has 4 nitrogen and oxygen atoms in total. The number of aromatic nitrogens is 2. The van der Waals surface area contributed by atoms with Crippen LogP contribution in [-0.4, -0.2) is 27.0 Å². The maximum atomic E-state index is 10.5. The van der Waals surface area contributed by atoms with Crippen LogP contribution in [0, 0.1) is 19.8 Å². The van der Waals surface area contributed by atoms with E-state index in [0.29, 0.717) is 12.5 Å². The van der Waals surface area contributed by atoms with Crippen LogP contribution in [0.25, 0.3) is 0 Å². The van der Waals surface area contributed by atoms with Crippen molar-refractivity contribution in [1.82, 2.24) is 9.78 Å². The molecule has 19 heavy (non-hydrogen) atoms. The van der Waals surface area contributed by atoms with E-state index in [1.165, 1.54) is 11.3 Å². The van der Waals surface area contributed by atoms with Gasteiger partial charge in [-0.3, -0.25) is 4.68 Å².